The van der Waals surface area contributed by atoms with Gasteiger partial charge in [-0.3, -0.25) is 0 Å². The van der Waals surface area contributed by atoms with Crippen LogP contribution in [0.15, 0.2) is 30.3 Å². The van der Waals surface area contributed by atoms with Crippen LogP contribution in [0.4, 0.5) is 5.69 Å². The van der Waals surface area contributed by atoms with Crippen molar-refractivity contribution in [2.75, 3.05) is 5.32 Å². The van der Waals surface area contributed by atoms with Gasteiger partial charge in [-0.15, -0.1) is 0 Å². The average Bonchev–Trinajstić information content (AvgIpc) is 2.06. The van der Waals surface area contributed by atoms with Crippen LogP contribution in [0.2, 0.25) is 0 Å². The van der Waals surface area contributed by atoms with E-state index in [9.17, 15) is 4.79 Å². The van der Waals surface area contributed by atoms with E-state index in [1.165, 1.54) is 0 Å². The molecule has 1 radical (unpaired) electrons. The maximum Gasteiger partial charge on any atom is 0.326 e. The third-order valence-corrected chi connectivity index (χ3v) is 1.41. The number of anilines is 1. The van der Waals surface area contributed by atoms with Crippen molar-refractivity contribution in [1.82, 2.24) is 0 Å². The quantitative estimate of drug-likeness (QED) is 0.709. The summed E-state index contributed by atoms with van der Waals surface area (Å²) >= 11 is 0. The van der Waals surface area contributed by atoms with Crippen LogP contribution in [0.25, 0.3) is 0 Å². The van der Waals surface area contributed by atoms with Gasteiger partial charge in [-0.2, -0.15) is 0 Å². The lowest BCUT2D eigenvalue weighted by molar-refractivity contribution is -0.136. The molecule has 0 aromatic heterocycles. The van der Waals surface area contributed by atoms with Crippen molar-refractivity contribution in [3.8, 4) is 0 Å². The zero-order chi connectivity index (χ0) is 8.97. The van der Waals surface area contributed by atoms with Crippen LogP contribution in [-0.2, 0) is 4.79 Å². The maximum atomic E-state index is 10.4. The van der Waals surface area contributed by atoms with Gasteiger partial charge in [-0.1, -0.05) is 18.2 Å². The Bertz CT molecular complexity index is 258. The SMILES string of the molecule is [CH2]C(Nc1ccccc1)C(=O)O. The molecular formula is C9H10NO2. The molecule has 0 heterocycles. The zero-order valence-electron chi connectivity index (χ0n) is 6.53. The number of nitrogens with one attached hydrogen (secondary N) is 1. The van der Waals surface area contributed by atoms with Gasteiger partial charge in [0.25, 0.3) is 0 Å². The predicted molar refractivity (Wildman–Crippen MR) is 46.8 cm³/mol. The van der Waals surface area contributed by atoms with E-state index in [0.717, 1.165) is 5.69 Å². The van der Waals surface area contributed by atoms with Crippen LogP contribution < -0.4 is 5.32 Å². The highest BCUT2D eigenvalue weighted by atomic mass is 16.4. The van der Waals surface area contributed by atoms with Crippen LogP contribution in [0.1, 0.15) is 0 Å². The molecular weight excluding hydrogens is 154 g/mol. The van der Waals surface area contributed by atoms with Crippen molar-refractivity contribution in [3.63, 3.8) is 0 Å². The van der Waals surface area contributed by atoms with Crippen LogP contribution in [0.5, 0.6) is 0 Å². The summed E-state index contributed by atoms with van der Waals surface area (Å²) < 4.78 is 0. The Kier molecular flexibility index (Phi) is 2.69. The van der Waals surface area contributed by atoms with E-state index in [1.807, 2.05) is 18.2 Å². The molecule has 3 heteroatoms. The van der Waals surface area contributed by atoms with Gasteiger partial charge in [0.15, 0.2) is 0 Å². The Morgan fingerprint density at radius 3 is 2.50 bits per heavy atom. The molecule has 0 saturated carbocycles. The maximum absolute atomic E-state index is 10.4. The first-order chi connectivity index (χ1) is 5.70. The number of carbonyl (C=O) groups is 1. The Labute approximate surface area is 71.0 Å². The minimum Gasteiger partial charge on any atom is -0.480 e. The molecule has 0 saturated heterocycles. The second-order valence-corrected chi connectivity index (χ2v) is 2.40. The lowest BCUT2D eigenvalue weighted by Gasteiger charge is -2.09. The molecule has 3 nitrogen and oxygen atoms in total. The van der Waals surface area contributed by atoms with Crippen molar-refractivity contribution in [2.45, 2.75) is 6.04 Å². The highest BCUT2D eigenvalue weighted by Crippen LogP contribution is 2.06. The topological polar surface area (TPSA) is 49.3 Å². The number of rotatable bonds is 3. The minimum absolute atomic E-state index is 0.764. The summed E-state index contributed by atoms with van der Waals surface area (Å²) in [5.41, 5.74) is 0.764. The van der Waals surface area contributed by atoms with E-state index >= 15 is 0 Å². The van der Waals surface area contributed by atoms with Gasteiger partial charge in [0.05, 0.1) is 0 Å². The van der Waals surface area contributed by atoms with Gasteiger partial charge < -0.3 is 10.4 Å². The van der Waals surface area contributed by atoms with Crippen LogP contribution in [0, 0.1) is 6.92 Å². The van der Waals surface area contributed by atoms with Crippen LogP contribution in [-0.4, -0.2) is 17.1 Å². The summed E-state index contributed by atoms with van der Waals surface area (Å²) in [6.07, 6.45) is 0. The minimum atomic E-state index is -0.959. The highest BCUT2D eigenvalue weighted by molar-refractivity contribution is 5.77. The van der Waals surface area contributed by atoms with Gasteiger partial charge >= 0.3 is 5.97 Å². The lowest BCUT2D eigenvalue weighted by atomic mass is 10.3. The summed E-state index contributed by atoms with van der Waals surface area (Å²) in [5.74, 6) is -0.959. The summed E-state index contributed by atoms with van der Waals surface area (Å²) in [5, 5.41) is 11.2. The molecule has 2 N–H and O–H groups in total. The molecule has 1 aromatic rings. The molecule has 63 valence electrons. The molecule has 0 spiro atoms. The number of aliphatic carboxylic acids is 1. The van der Waals surface area contributed by atoms with E-state index in [0.29, 0.717) is 0 Å². The van der Waals surface area contributed by atoms with Gasteiger partial charge in [0.2, 0.25) is 0 Å². The number of carboxylic acid groups (broad SMARTS) is 1. The standard InChI is InChI=1S/C9H10NO2/c1-7(9(11)12)10-8-5-3-2-4-6-8/h2-7,10H,1H2,(H,11,12). The number of carboxylic acids is 1. The van der Waals surface area contributed by atoms with E-state index in [1.54, 1.807) is 12.1 Å². The Hall–Kier alpha value is -1.51. The normalized spacial score (nSPS) is 12.1. The molecule has 0 bridgehead atoms. The molecule has 0 aliphatic carbocycles. The van der Waals surface area contributed by atoms with Gasteiger partial charge in [0.1, 0.15) is 6.04 Å². The fourth-order valence-electron chi connectivity index (χ4n) is 0.797. The smallest absolute Gasteiger partial charge is 0.326 e. The number of hydrogen-bond donors (Lipinski definition) is 2. The molecule has 0 amide bonds. The number of benzene rings is 1. The van der Waals surface area contributed by atoms with Crippen molar-refractivity contribution in [3.05, 3.63) is 37.3 Å². The van der Waals surface area contributed by atoms with E-state index in [4.69, 9.17) is 5.11 Å². The first kappa shape index (κ1) is 8.59. The number of para-hydroxylation sites is 1. The molecule has 12 heavy (non-hydrogen) atoms. The largest absolute Gasteiger partial charge is 0.480 e. The predicted octanol–water partition coefficient (Wildman–Crippen LogP) is 1.39. The molecule has 1 rings (SSSR count). The zero-order valence-corrected chi connectivity index (χ0v) is 6.53. The third-order valence-electron chi connectivity index (χ3n) is 1.41. The molecule has 1 aromatic carbocycles. The second-order valence-electron chi connectivity index (χ2n) is 2.40. The first-order valence-corrected chi connectivity index (χ1v) is 3.57. The fourth-order valence-corrected chi connectivity index (χ4v) is 0.797. The fraction of sp³-hybridized carbons (Fsp3) is 0.111. The lowest BCUT2D eigenvalue weighted by Crippen LogP contribution is -2.25. The van der Waals surface area contributed by atoms with Crippen molar-refractivity contribution in [1.29, 1.82) is 0 Å². The Morgan fingerprint density at radius 1 is 1.42 bits per heavy atom. The Balaban J connectivity index is 2.58. The van der Waals surface area contributed by atoms with Gasteiger partial charge in [-0.05, 0) is 19.1 Å². The summed E-state index contributed by atoms with van der Waals surface area (Å²) in [7, 11) is 0. The Morgan fingerprint density at radius 2 is 2.00 bits per heavy atom. The monoisotopic (exact) mass is 164 g/mol. The van der Waals surface area contributed by atoms with E-state index in [-0.39, 0.29) is 0 Å². The molecule has 0 aliphatic heterocycles. The van der Waals surface area contributed by atoms with Crippen LogP contribution in [0.3, 0.4) is 0 Å². The third kappa shape index (κ3) is 2.27. The average molecular weight is 164 g/mol. The van der Waals surface area contributed by atoms with Gasteiger partial charge in [-0.25, -0.2) is 4.79 Å². The summed E-state index contributed by atoms with van der Waals surface area (Å²) in [6.45, 7) is 3.42. The molecule has 0 aliphatic rings. The molecule has 1 unspecified atom stereocenters. The first-order valence-electron chi connectivity index (χ1n) is 3.57. The highest BCUT2D eigenvalue weighted by Gasteiger charge is 2.08. The van der Waals surface area contributed by atoms with Crippen molar-refractivity contribution >= 4 is 11.7 Å². The van der Waals surface area contributed by atoms with E-state index < -0.39 is 12.0 Å². The van der Waals surface area contributed by atoms with Gasteiger partial charge in [0, 0.05) is 5.69 Å². The summed E-state index contributed by atoms with van der Waals surface area (Å²) in [6, 6.07) is 8.31. The molecule has 1 atom stereocenters. The van der Waals surface area contributed by atoms with Crippen molar-refractivity contribution in [2.24, 2.45) is 0 Å². The van der Waals surface area contributed by atoms with Crippen LogP contribution >= 0.6 is 0 Å². The molecule has 0 fully saturated rings. The summed E-state index contributed by atoms with van der Waals surface area (Å²) in [4.78, 5) is 10.4. The van der Waals surface area contributed by atoms with Crippen molar-refractivity contribution < 1.29 is 9.90 Å². The second kappa shape index (κ2) is 3.76. The number of hydrogen-bond acceptors (Lipinski definition) is 2. The van der Waals surface area contributed by atoms with E-state index in [2.05, 4.69) is 12.2 Å².